The number of likely N-dealkylation sites (N-methyl/N-ethyl adjacent to an activating group) is 1. The van der Waals surface area contributed by atoms with Crippen LogP contribution in [0.5, 0.6) is 5.75 Å². The van der Waals surface area contributed by atoms with Crippen LogP contribution in [0.2, 0.25) is 0 Å². The number of nitrogen functional groups attached to an aromatic ring is 1. The third-order valence-corrected chi connectivity index (χ3v) is 2.13. The Balaban J connectivity index is 2.58. The Hall–Kier alpha value is -1.89. The Labute approximate surface area is 86.2 Å². The first-order valence-corrected chi connectivity index (χ1v) is 4.38. The van der Waals surface area contributed by atoms with Gasteiger partial charge in [0.1, 0.15) is 5.82 Å². The highest BCUT2D eigenvalue weighted by Gasteiger charge is 2.27. The highest BCUT2D eigenvalue weighted by Crippen LogP contribution is 2.34. The van der Waals surface area contributed by atoms with Gasteiger partial charge in [0.15, 0.2) is 18.2 Å². The van der Waals surface area contributed by atoms with E-state index in [-0.39, 0.29) is 12.5 Å². The molecule has 0 atom stereocenters. The summed E-state index contributed by atoms with van der Waals surface area (Å²) >= 11 is 0. The number of hydrogen-bond acceptors (Lipinski definition) is 6. The van der Waals surface area contributed by atoms with Crippen molar-refractivity contribution < 1.29 is 9.53 Å². The van der Waals surface area contributed by atoms with Gasteiger partial charge in [-0.15, -0.1) is 0 Å². The number of rotatable bonds is 1. The molecule has 15 heavy (non-hydrogen) atoms. The maximum Gasteiger partial charge on any atom is 0.265 e. The van der Waals surface area contributed by atoms with E-state index in [0.717, 1.165) is 0 Å². The molecule has 0 radical (unpaired) electrons. The average Bonchev–Trinajstić information content (AvgIpc) is 2.23. The second kappa shape index (κ2) is 3.35. The molecule has 0 fully saturated rings. The zero-order valence-electron chi connectivity index (χ0n) is 8.44. The fourth-order valence-electron chi connectivity index (χ4n) is 1.35. The summed E-state index contributed by atoms with van der Waals surface area (Å²) in [5.74, 6) is 6.90. The number of nitrogens with two attached hydrogens (primary N) is 1. The van der Waals surface area contributed by atoms with Crippen LogP contribution in [0.4, 0.5) is 11.6 Å². The van der Waals surface area contributed by atoms with Gasteiger partial charge in [-0.1, -0.05) is 0 Å². The molecule has 1 aliphatic rings. The van der Waals surface area contributed by atoms with E-state index in [1.165, 1.54) is 4.90 Å². The van der Waals surface area contributed by atoms with E-state index in [2.05, 4.69) is 15.4 Å². The summed E-state index contributed by atoms with van der Waals surface area (Å²) in [6.45, 7) is 1.69. The molecule has 80 valence electrons. The highest BCUT2D eigenvalue weighted by atomic mass is 16.5. The molecule has 0 aromatic carbocycles. The molecule has 3 N–H and O–H groups in total. The van der Waals surface area contributed by atoms with E-state index in [0.29, 0.717) is 23.2 Å². The first-order valence-electron chi connectivity index (χ1n) is 4.38. The fourth-order valence-corrected chi connectivity index (χ4v) is 1.35. The number of carbonyl (C=O) groups excluding carboxylic acids is 1. The molecule has 0 bridgehead atoms. The van der Waals surface area contributed by atoms with Crippen molar-refractivity contribution in [3.63, 3.8) is 0 Å². The van der Waals surface area contributed by atoms with Crippen molar-refractivity contribution >= 4 is 17.5 Å². The van der Waals surface area contributed by atoms with Crippen LogP contribution in [0.1, 0.15) is 5.82 Å². The minimum atomic E-state index is -0.149. The number of aryl methyl sites for hydroxylation is 1. The van der Waals surface area contributed by atoms with Gasteiger partial charge in [-0.2, -0.15) is 0 Å². The van der Waals surface area contributed by atoms with Crippen LogP contribution in [0.25, 0.3) is 0 Å². The van der Waals surface area contributed by atoms with Gasteiger partial charge in [0.2, 0.25) is 5.75 Å². The van der Waals surface area contributed by atoms with Gasteiger partial charge >= 0.3 is 0 Å². The normalized spacial score (nSPS) is 14.6. The fraction of sp³-hybridized carbons (Fsp3) is 0.375. The van der Waals surface area contributed by atoms with Crippen molar-refractivity contribution in [3.05, 3.63) is 5.82 Å². The Morgan fingerprint density at radius 1 is 1.53 bits per heavy atom. The molecule has 2 heterocycles. The molecule has 1 aromatic rings. The second-order valence-corrected chi connectivity index (χ2v) is 3.16. The van der Waals surface area contributed by atoms with Crippen LogP contribution in [-0.4, -0.2) is 29.5 Å². The van der Waals surface area contributed by atoms with Crippen molar-refractivity contribution in [1.29, 1.82) is 0 Å². The number of hydrogen-bond donors (Lipinski definition) is 2. The van der Waals surface area contributed by atoms with E-state index in [9.17, 15) is 4.79 Å². The topological polar surface area (TPSA) is 93.4 Å². The quantitative estimate of drug-likeness (QED) is 0.475. The summed E-state index contributed by atoms with van der Waals surface area (Å²) in [4.78, 5) is 21.0. The van der Waals surface area contributed by atoms with Crippen molar-refractivity contribution in [2.75, 3.05) is 24.0 Å². The van der Waals surface area contributed by atoms with E-state index in [1.54, 1.807) is 14.0 Å². The van der Waals surface area contributed by atoms with E-state index < -0.39 is 0 Å². The van der Waals surface area contributed by atoms with Crippen LogP contribution in [0, 0.1) is 6.92 Å². The minimum absolute atomic E-state index is 0.0232. The first kappa shape index (κ1) is 9.66. The van der Waals surface area contributed by atoms with Crippen molar-refractivity contribution in [2.45, 2.75) is 6.92 Å². The molecule has 1 aromatic heterocycles. The van der Waals surface area contributed by atoms with Gasteiger partial charge in [0.25, 0.3) is 5.91 Å². The monoisotopic (exact) mass is 209 g/mol. The number of nitrogens with one attached hydrogen (secondary N) is 1. The lowest BCUT2D eigenvalue weighted by atomic mass is 10.3. The van der Waals surface area contributed by atoms with Gasteiger partial charge < -0.3 is 10.2 Å². The van der Waals surface area contributed by atoms with E-state index >= 15 is 0 Å². The van der Waals surface area contributed by atoms with Crippen molar-refractivity contribution in [3.8, 4) is 5.75 Å². The molecule has 0 spiro atoms. The van der Waals surface area contributed by atoms with Crippen LogP contribution >= 0.6 is 0 Å². The first-order chi connectivity index (χ1) is 7.13. The van der Waals surface area contributed by atoms with E-state index in [4.69, 9.17) is 10.6 Å². The van der Waals surface area contributed by atoms with Gasteiger partial charge in [-0.3, -0.25) is 9.69 Å². The van der Waals surface area contributed by atoms with Crippen LogP contribution in [0.3, 0.4) is 0 Å². The summed E-state index contributed by atoms with van der Waals surface area (Å²) in [6.07, 6.45) is 0. The maximum atomic E-state index is 11.4. The number of ether oxygens (including phenoxy) is 1. The van der Waals surface area contributed by atoms with Crippen LogP contribution in [0.15, 0.2) is 0 Å². The molecular formula is C8H11N5O2. The smallest absolute Gasteiger partial charge is 0.265 e. The number of anilines is 2. The predicted molar refractivity (Wildman–Crippen MR) is 53.5 cm³/mol. The number of fused-ring (bicyclic) bond motifs is 1. The van der Waals surface area contributed by atoms with Crippen molar-refractivity contribution in [1.82, 2.24) is 9.97 Å². The Bertz CT molecular complexity index is 420. The Kier molecular flexibility index (Phi) is 2.16. The summed E-state index contributed by atoms with van der Waals surface area (Å²) in [5.41, 5.74) is 2.42. The average molecular weight is 209 g/mol. The molecule has 0 unspecified atom stereocenters. The lowest BCUT2D eigenvalue weighted by Crippen LogP contribution is -2.37. The molecule has 2 rings (SSSR count). The van der Waals surface area contributed by atoms with Gasteiger partial charge in [-0.05, 0) is 6.92 Å². The Morgan fingerprint density at radius 3 is 2.93 bits per heavy atom. The molecule has 1 amide bonds. The maximum absolute atomic E-state index is 11.4. The second-order valence-electron chi connectivity index (χ2n) is 3.16. The molecule has 0 saturated heterocycles. The lowest BCUT2D eigenvalue weighted by Gasteiger charge is -2.25. The number of aromatic nitrogens is 2. The zero-order chi connectivity index (χ0) is 11.0. The third-order valence-electron chi connectivity index (χ3n) is 2.13. The van der Waals surface area contributed by atoms with E-state index in [1.807, 2.05) is 0 Å². The van der Waals surface area contributed by atoms with Crippen LogP contribution < -0.4 is 20.9 Å². The lowest BCUT2D eigenvalue weighted by molar-refractivity contribution is -0.121. The standard InChI is InChI=1S/C8H11N5O2/c1-4-10-7(12-9)6-8(11-4)13(2)5(14)3-15-6/h3,9H2,1-2H3,(H,10,11,12). The Morgan fingerprint density at radius 2 is 2.27 bits per heavy atom. The van der Waals surface area contributed by atoms with Gasteiger partial charge in [0, 0.05) is 7.05 Å². The third kappa shape index (κ3) is 1.46. The number of hydrazine groups is 1. The highest BCUT2D eigenvalue weighted by molar-refractivity contribution is 5.97. The molecule has 0 saturated carbocycles. The van der Waals surface area contributed by atoms with Crippen molar-refractivity contribution in [2.24, 2.45) is 5.84 Å². The zero-order valence-corrected chi connectivity index (χ0v) is 8.44. The molecular weight excluding hydrogens is 198 g/mol. The minimum Gasteiger partial charge on any atom is -0.476 e. The number of carbonyl (C=O) groups is 1. The van der Waals surface area contributed by atoms with Gasteiger partial charge in [-0.25, -0.2) is 15.8 Å². The largest absolute Gasteiger partial charge is 0.476 e. The number of nitrogens with zero attached hydrogens (tertiary/aromatic N) is 3. The number of amides is 1. The molecule has 0 aliphatic carbocycles. The predicted octanol–water partition coefficient (Wildman–Crippen LogP) is -0.574. The summed E-state index contributed by atoms with van der Waals surface area (Å²) in [5, 5.41) is 0. The van der Waals surface area contributed by atoms with Gasteiger partial charge in [0.05, 0.1) is 0 Å². The SMILES string of the molecule is Cc1nc(NN)c2c(n1)N(C)C(=O)CO2. The van der Waals surface area contributed by atoms with Crippen LogP contribution in [-0.2, 0) is 4.79 Å². The molecule has 7 heteroatoms. The summed E-state index contributed by atoms with van der Waals surface area (Å²) in [6, 6.07) is 0. The molecule has 7 nitrogen and oxygen atoms in total. The summed E-state index contributed by atoms with van der Waals surface area (Å²) in [7, 11) is 1.64. The summed E-state index contributed by atoms with van der Waals surface area (Å²) < 4.78 is 5.22. The molecule has 1 aliphatic heterocycles.